The summed E-state index contributed by atoms with van der Waals surface area (Å²) in [6, 6.07) is 6.57. The SMILES string of the molecule is Cc1ccc(C)c(CN2CCCC(C(C)(C)C(=O)O)C2)c1. The van der Waals surface area contributed by atoms with Gasteiger partial charge in [0.2, 0.25) is 0 Å². The van der Waals surface area contributed by atoms with E-state index >= 15 is 0 Å². The van der Waals surface area contributed by atoms with E-state index in [1.165, 1.54) is 16.7 Å². The fourth-order valence-electron chi connectivity index (χ4n) is 3.17. The van der Waals surface area contributed by atoms with E-state index in [9.17, 15) is 9.90 Å². The first-order chi connectivity index (χ1) is 9.80. The lowest BCUT2D eigenvalue weighted by atomic mass is 9.74. The van der Waals surface area contributed by atoms with Crippen LogP contribution in [0.1, 0.15) is 43.4 Å². The van der Waals surface area contributed by atoms with Crippen molar-refractivity contribution in [3.05, 3.63) is 34.9 Å². The summed E-state index contributed by atoms with van der Waals surface area (Å²) in [6.07, 6.45) is 2.11. The monoisotopic (exact) mass is 289 g/mol. The lowest BCUT2D eigenvalue weighted by Gasteiger charge is -2.39. The molecule has 1 aromatic rings. The van der Waals surface area contributed by atoms with Gasteiger partial charge < -0.3 is 5.11 Å². The van der Waals surface area contributed by atoms with Gasteiger partial charge in [-0.15, -0.1) is 0 Å². The van der Waals surface area contributed by atoms with Crippen molar-refractivity contribution in [1.29, 1.82) is 0 Å². The molecule has 0 bridgehead atoms. The van der Waals surface area contributed by atoms with Crippen LogP contribution in [0.2, 0.25) is 0 Å². The van der Waals surface area contributed by atoms with E-state index in [1.54, 1.807) is 0 Å². The van der Waals surface area contributed by atoms with Crippen molar-refractivity contribution >= 4 is 5.97 Å². The summed E-state index contributed by atoms with van der Waals surface area (Å²) in [5.41, 5.74) is 3.33. The lowest BCUT2D eigenvalue weighted by Crippen LogP contribution is -2.44. The van der Waals surface area contributed by atoms with Gasteiger partial charge in [0.25, 0.3) is 0 Å². The second-order valence-electron chi connectivity index (χ2n) is 7.03. The van der Waals surface area contributed by atoms with Crippen LogP contribution in [-0.2, 0) is 11.3 Å². The summed E-state index contributed by atoms with van der Waals surface area (Å²) in [7, 11) is 0. The van der Waals surface area contributed by atoms with Gasteiger partial charge in [-0.1, -0.05) is 23.8 Å². The van der Waals surface area contributed by atoms with Crippen LogP contribution < -0.4 is 0 Å². The molecule has 1 aliphatic heterocycles. The third-order valence-corrected chi connectivity index (χ3v) is 4.98. The molecule has 0 aliphatic carbocycles. The minimum atomic E-state index is -0.680. The van der Waals surface area contributed by atoms with Crippen LogP contribution in [0.15, 0.2) is 18.2 Å². The van der Waals surface area contributed by atoms with E-state index in [0.29, 0.717) is 0 Å². The summed E-state index contributed by atoms with van der Waals surface area (Å²) < 4.78 is 0. The van der Waals surface area contributed by atoms with E-state index in [2.05, 4.69) is 36.9 Å². The van der Waals surface area contributed by atoms with Crippen LogP contribution in [0.4, 0.5) is 0 Å². The molecular formula is C18H27NO2. The standard InChI is InChI=1S/C18H27NO2/c1-13-7-8-14(2)15(10-13)11-19-9-5-6-16(12-19)18(3,4)17(20)21/h7-8,10,16H,5-6,9,11-12H2,1-4H3,(H,20,21). The van der Waals surface area contributed by atoms with Crippen molar-refractivity contribution in [1.82, 2.24) is 4.90 Å². The van der Waals surface area contributed by atoms with Crippen LogP contribution in [0.25, 0.3) is 0 Å². The highest BCUT2D eigenvalue weighted by atomic mass is 16.4. The van der Waals surface area contributed by atoms with Crippen molar-refractivity contribution in [3.63, 3.8) is 0 Å². The third-order valence-electron chi connectivity index (χ3n) is 4.98. The number of piperidine rings is 1. The smallest absolute Gasteiger partial charge is 0.309 e. The Morgan fingerprint density at radius 3 is 2.76 bits per heavy atom. The number of likely N-dealkylation sites (tertiary alicyclic amines) is 1. The number of carboxylic acid groups (broad SMARTS) is 1. The number of hydrogen-bond acceptors (Lipinski definition) is 2. The lowest BCUT2D eigenvalue weighted by molar-refractivity contribution is -0.151. The number of carboxylic acids is 1. The molecule has 1 atom stereocenters. The van der Waals surface area contributed by atoms with Gasteiger partial charge in [-0.3, -0.25) is 9.69 Å². The quantitative estimate of drug-likeness (QED) is 0.920. The maximum atomic E-state index is 11.5. The van der Waals surface area contributed by atoms with Gasteiger partial charge in [0.05, 0.1) is 5.41 Å². The van der Waals surface area contributed by atoms with Crippen molar-refractivity contribution in [3.8, 4) is 0 Å². The van der Waals surface area contributed by atoms with E-state index in [0.717, 1.165) is 32.5 Å². The second kappa shape index (κ2) is 6.18. The van der Waals surface area contributed by atoms with Crippen molar-refractivity contribution in [2.75, 3.05) is 13.1 Å². The van der Waals surface area contributed by atoms with Crippen LogP contribution in [0, 0.1) is 25.2 Å². The predicted octanol–water partition coefficient (Wildman–Crippen LogP) is 3.63. The number of carbonyl (C=O) groups is 1. The Hall–Kier alpha value is -1.35. The van der Waals surface area contributed by atoms with Gasteiger partial charge in [0, 0.05) is 13.1 Å². The van der Waals surface area contributed by atoms with Gasteiger partial charge in [-0.05, 0) is 64.1 Å². The summed E-state index contributed by atoms with van der Waals surface area (Å²) in [5, 5.41) is 9.43. The Kier molecular flexibility index (Phi) is 4.72. The summed E-state index contributed by atoms with van der Waals surface area (Å²) in [4.78, 5) is 13.9. The maximum absolute atomic E-state index is 11.5. The first-order valence-electron chi connectivity index (χ1n) is 7.82. The Morgan fingerprint density at radius 2 is 2.10 bits per heavy atom. The fraction of sp³-hybridized carbons (Fsp3) is 0.611. The number of rotatable bonds is 4. The molecule has 1 saturated heterocycles. The average molecular weight is 289 g/mol. The molecule has 1 aliphatic rings. The first-order valence-corrected chi connectivity index (χ1v) is 7.82. The number of aliphatic carboxylic acids is 1. The number of aryl methyl sites for hydroxylation is 2. The highest BCUT2D eigenvalue weighted by Crippen LogP contribution is 2.34. The van der Waals surface area contributed by atoms with Gasteiger partial charge in [-0.25, -0.2) is 0 Å². The van der Waals surface area contributed by atoms with Gasteiger partial charge >= 0.3 is 5.97 Å². The molecule has 0 aromatic heterocycles. The number of hydrogen-bond donors (Lipinski definition) is 1. The Morgan fingerprint density at radius 1 is 1.38 bits per heavy atom. The van der Waals surface area contributed by atoms with Crippen LogP contribution >= 0.6 is 0 Å². The molecular weight excluding hydrogens is 262 g/mol. The van der Waals surface area contributed by atoms with Crippen LogP contribution in [-0.4, -0.2) is 29.1 Å². The molecule has 0 spiro atoms. The number of benzene rings is 1. The minimum absolute atomic E-state index is 0.230. The first kappa shape index (κ1) is 16.0. The average Bonchev–Trinajstić information content (AvgIpc) is 2.43. The molecule has 0 saturated carbocycles. The molecule has 0 amide bonds. The molecule has 3 heteroatoms. The van der Waals surface area contributed by atoms with E-state index in [-0.39, 0.29) is 5.92 Å². The van der Waals surface area contributed by atoms with Crippen molar-refractivity contribution < 1.29 is 9.90 Å². The van der Waals surface area contributed by atoms with E-state index in [4.69, 9.17) is 0 Å². The second-order valence-corrected chi connectivity index (χ2v) is 7.03. The zero-order chi connectivity index (χ0) is 15.6. The normalized spacial score (nSPS) is 20.5. The molecule has 116 valence electrons. The third kappa shape index (κ3) is 3.65. The molecule has 1 unspecified atom stereocenters. The number of nitrogens with zero attached hydrogens (tertiary/aromatic N) is 1. The van der Waals surface area contributed by atoms with Gasteiger partial charge in [0.15, 0.2) is 0 Å². The Labute approximate surface area is 128 Å². The Bertz CT molecular complexity index is 522. The predicted molar refractivity (Wildman–Crippen MR) is 85.3 cm³/mol. The zero-order valence-corrected chi connectivity index (χ0v) is 13.6. The largest absolute Gasteiger partial charge is 0.481 e. The minimum Gasteiger partial charge on any atom is -0.481 e. The van der Waals surface area contributed by atoms with Gasteiger partial charge in [-0.2, -0.15) is 0 Å². The van der Waals surface area contributed by atoms with E-state index < -0.39 is 11.4 Å². The molecule has 2 rings (SSSR count). The highest BCUT2D eigenvalue weighted by Gasteiger charge is 2.38. The molecule has 3 nitrogen and oxygen atoms in total. The van der Waals surface area contributed by atoms with Crippen molar-refractivity contribution in [2.45, 2.75) is 47.1 Å². The molecule has 21 heavy (non-hydrogen) atoms. The van der Waals surface area contributed by atoms with E-state index in [1.807, 2.05) is 13.8 Å². The molecule has 1 N–H and O–H groups in total. The topological polar surface area (TPSA) is 40.5 Å². The van der Waals surface area contributed by atoms with Gasteiger partial charge in [0.1, 0.15) is 0 Å². The Balaban J connectivity index is 2.08. The molecule has 1 aromatic carbocycles. The zero-order valence-electron chi connectivity index (χ0n) is 13.6. The summed E-state index contributed by atoms with van der Waals surface area (Å²) in [5.74, 6) is -0.449. The summed E-state index contributed by atoms with van der Waals surface area (Å²) in [6.45, 7) is 10.9. The highest BCUT2D eigenvalue weighted by molar-refractivity contribution is 5.74. The molecule has 1 heterocycles. The summed E-state index contributed by atoms with van der Waals surface area (Å²) >= 11 is 0. The fourth-order valence-corrected chi connectivity index (χ4v) is 3.17. The molecule has 0 radical (unpaired) electrons. The maximum Gasteiger partial charge on any atom is 0.309 e. The van der Waals surface area contributed by atoms with Crippen molar-refractivity contribution in [2.24, 2.45) is 11.3 Å². The van der Waals surface area contributed by atoms with Crippen LogP contribution in [0.5, 0.6) is 0 Å². The molecule has 1 fully saturated rings. The van der Waals surface area contributed by atoms with Crippen LogP contribution in [0.3, 0.4) is 0 Å².